The predicted molar refractivity (Wildman–Crippen MR) is 91.5 cm³/mol. The molecule has 0 radical (unpaired) electrons. The first-order chi connectivity index (χ1) is 12.3. The minimum Gasteiger partial charge on any atom is -0.406 e. The van der Waals surface area contributed by atoms with E-state index in [0.717, 1.165) is 12.1 Å². The maximum Gasteiger partial charge on any atom is 0.573 e. The van der Waals surface area contributed by atoms with Gasteiger partial charge < -0.3 is 10.1 Å². The van der Waals surface area contributed by atoms with E-state index in [1.54, 1.807) is 31.3 Å². The maximum atomic E-state index is 13.0. The standard InChI is InChI=1S/C18H16F3N3O2/c1-11(22-2)16-23-15-6-4-3-5-14(15)17(25)24(16)12-7-9-13(10-8-12)26-18(19,20)21/h3-11,22H,1-2H3. The Balaban J connectivity index is 2.17. The Labute approximate surface area is 147 Å². The summed E-state index contributed by atoms with van der Waals surface area (Å²) in [6.07, 6.45) is -4.77. The monoisotopic (exact) mass is 363 g/mol. The first kappa shape index (κ1) is 17.9. The molecule has 1 heterocycles. The molecule has 26 heavy (non-hydrogen) atoms. The minimum atomic E-state index is -4.77. The van der Waals surface area contributed by atoms with Crippen molar-refractivity contribution in [3.8, 4) is 11.4 Å². The van der Waals surface area contributed by atoms with Crippen LogP contribution in [0.5, 0.6) is 5.75 Å². The van der Waals surface area contributed by atoms with Gasteiger partial charge in [-0.25, -0.2) is 4.98 Å². The van der Waals surface area contributed by atoms with Crippen LogP contribution < -0.4 is 15.6 Å². The van der Waals surface area contributed by atoms with Crippen LogP contribution in [0.25, 0.3) is 16.6 Å². The number of ether oxygens (including phenoxy) is 1. The second-order valence-electron chi connectivity index (χ2n) is 5.68. The van der Waals surface area contributed by atoms with Gasteiger partial charge in [-0.3, -0.25) is 9.36 Å². The lowest BCUT2D eigenvalue weighted by Crippen LogP contribution is -2.28. The first-order valence-corrected chi connectivity index (χ1v) is 7.85. The molecule has 136 valence electrons. The van der Waals surface area contributed by atoms with Gasteiger partial charge in [0.05, 0.1) is 22.6 Å². The van der Waals surface area contributed by atoms with Crippen LogP contribution in [-0.2, 0) is 0 Å². The molecule has 1 unspecified atom stereocenters. The summed E-state index contributed by atoms with van der Waals surface area (Å²) < 4.78 is 42.2. The quantitative estimate of drug-likeness (QED) is 0.770. The summed E-state index contributed by atoms with van der Waals surface area (Å²) in [6.45, 7) is 1.84. The highest BCUT2D eigenvalue weighted by Crippen LogP contribution is 2.24. The molecule has 1 aromatic heterocycles. The summed E-state index contributed by atoms with van der Waals surface area (Å²) in [5.74, 6) is 0.104. The number of nitrogens with one attached hydrogen (secondary N) is 1. The maximum absolute atomic E-state index is 13.0. The molecule has 2 aromatic carbocycles. The number of para-hydroxylation sites is 1. The molecular formula is C18H16F3N3O2. The third-order valence-electron chi connectivity index (χ3n) is 3.95. The minimum absolute atomic E-state index is 0.251. The highest BCUT2D eigenvalue weighted by Gasteiger charge is 2.31. The van der Waals surface area contributed by atoms with Gasteiger partial charge >= 0.3 is 6.36 Å². The average molecular weight is 363 g/mol. The molecule has 0 amide bonds. The molecule has 0 bridgehead atoms. The molecule has 0 spiro atoms. The fourth-order valence-corrected chi connectivity index (χ4v) is 2.62. The second kappa shape index (κ2) is 6.80. The van der Waals surface area contributed by atoms with Crippen molar-refractivity contribution in [3.05, 3.63) is 64.7 Å². The van der Waals surface area contributed by atoms with Crippen LogP contribution in [0.1, 0.15) is 18.8 Å². The largest absolute Gasteiger partial charge is 0.573 e. The Kier molecular flexibility index (Phi) is 4.69. The van der Waals surface area contributed by atoms with E-state index >= 15 is 0 Å². The fourth-order valence-electron chi connectivity index (χ4n) is 2.62. The molecular weight excluding hydrogens is 347 g/mol. The molecule has 8 heteroatoms. The number of nitrogens with zero attached hydrogens (tertiary/aromatic N) is 2. The van der Waals surface area contributed by atoms with Gasteiger partial charge in [-0.1, -0.05) is 12.1 Å². The Hall–Kier alpha value is -2.87. The lowest BCUT2D eigenvalue weighted by atomic mass is 10.2. The van der Waals surface area contributed by atoms with E-state index in [-0.39, 0.29) is 17.4 Å². The van der Waals surface area contributed by atoms with Gasteiger partial charge in [0.25, 0.3) is 5.56 Å². The summed E-state index contributed by atoms with van der Waals surface area (Å²) in [4.78, 5) is 17.5. The van der Waals surface area contributed by atoms with Crippen LogP contribution in [-0.4, -0.2) is 23.0 Å². The van der Waals surface area contributed by atoms with Gasteiger partial charge in [0.1, 0.15) is 11.6 Å². The molecule has 1 atom stereocenters. The molecule has 0 aliphatic rings. The number of alkyl halides is 3. The number of hydrogen-bond acceptors (Lipinski definition) is 4. The van der Waals surface area contributed by atoms with Crippen molar-refractivity contribution in [3.63, 3.8) is 0 Å². The molecule has 1 N–H and O–H groups in total. The van der Waals surface area contributed by atoms with E-state index in [1.165, 1.54) is 16.7 Å². The third kappa shape index (κ3) is 3.55. The van der Waals surface area contributed by atoms with Gasteiger partial charge in [0.15, 0.2) is 0 Å². The first-order valence-electron chi connectivity index (χ1n) is 7.85. The molecule has 0 saturated carbocycles. The Morgan fingerprint density at radius 3 is 2.38 bits per heavy atom. The summed E-state index contributed by atoms with van der Waals surface area (Å²) in [5, 5.41) is 3.46. The van der Waals surface area contributed by atoms with Crippen molar-refractivity contribution in [1.29, 1.82) is 0 Å². The van der Waals surface area contributed by atoms with Crippen LogP contribution in [0, 0.1) is 0 Å². The van der Waals surface area contributed by atoms with Gasteiger partial charge in [-0.2, -0.15) is 0 Å². The van der Waals surface area contributed by atoms with Crippen LogP contribution in [0.3, 0.4) is 0 Å². The molecule has 3 aromatic rings. The molecule has 5 nitrogen and oxygen atoms in total. The third-order valence-corrected chi connectivity index (χ3v) is 3.95. The number of fused-ring (bicyclic) bond motifs is 1. The van der Waals surface area contributed by atoms with Crippen molar-refractivity contribution >= 4 is 10.9 Å². The molecule has 0 aliphatic carbocycles. The molecule has 0 fully saturated rings. The Morgan fingerprint density at radius 1 is 1.12 bits per heavy atom. The smallest absolute Gasteiger partial charge is 0.406 e. The summed E-state index contributed by atoms with van der Waals surface area (Å²) >= 11 is 0. The van der Waals surface area contributed by atoms with Crippen molar-refractivity contribution in [2.75, 3.05) is 7.05 Å². The number of hydrogen-bond donors (Lipinski definition) is 1. The van der Waals surface area contributed by atoms with E-state index in [9.17, 15) is 18.0 Å². The van der Waals surface area contributed by atoms with Crippen LogP contribution in [0.15, 0.2) is 53.3 Å². The number of benzene rings is 2. The van der Waals surface area contributed by atoms with Crippen molar-refractivity contribution in [2.24, 2.45) is 0 Å². The highest BCUT2D eigenvalue weighted by molar-refractivity contribution is 5.77. The number of rotatable bonds is 4. The molecule has 0 saturated heterocycles. The van der Waals surface area contributed by atoms with E-state index in [0.29, 0.717) is 22.4 Å². The van der Waals surface area contributed by atoms with Gasteiger partial charge in [0, 0.05) is 0 Å². The Bertz CT molecular complexity index is 982. The summed E-state index contributed by atoms with van der Waals surface area (Å²) in [7, 11) is 1.73. The normalized spacial score (nSPS) is 13.0. The van der Waals surface area contributed by atoms with Crippen molar-refractivity contribution in [1.82, 2.24) is 14.9 Å². The Morgan fingerprint density at radius 2 is 1.77 bits per heavy atom. The zero-order valence-corrected chi connectivity index (χ0v) is 14.0. The van der Waals surface area contributed by atoms with Crippen molar-refractivity contribution in [2.45, 2.75) is 19.3 Å². The highest BCUT2D eigenvalue weighted by atomic mass is 19.4. The van der Waals surface area contributed by atoms with E-state index in [4.69, 9.17) is 0 Å². The predicted octanol–water partition coefficient (Wildman–Crippen LogP) is 3.56. The average Bonchev–Trinajstić information content (AvgIpc) is 2.60. The van der Waals surface area contributed by atoms with E-state index < -0.39 is 6.36 Å². The lowest BCUT2D eigenvalue weighted by molar-refractivity contribution is -0.274. The topological polar surface area (TPSA) is 56.2 Å². The summed E-state index contributed by atoms with van der Waals surface area (Å²) in [5.41, 5.74) is 0.667. The van der Waals surface area contributed by atoms with Crippen LogP contribution >= 0.6 is 0 Å². The van der Waals surface area contributed by atoms with Crippen LogP contribution in [0.4, 0.5) is 13.2 Å². The number of aromatic nitrogens is 2. The SMILES string of the molecule is CNC(C)c1nc2ccccc2c(=O)n1-c1ccc(OC(F)(F)F)cc1. The summed E-state index contributed by atoms with van der Waals surface area (Å²) in [6, 6.07) is 11.8. The lowest BCUT2D eigenvalue weighted by Gasteiger charge is -2.18. The van der Waals surface area contributed by atoms with Gasteiger partial charge in [-0.05, 0) is 50.4 Å². The van der Waals surface area contributed by atoms with Crippen LogP contribution in [0.2, 0.25) is 0 Å². The second-order valence-corrected chi connectivity index (χ2v) is 5.68. The van der Waals surface area contributed by atoms with Crippen molar-refractivity contribution < 1.29 is 17.9 Å². The zero-order chi connectivity index (χ0) is 18.9. The number of halogens is 3. The van der Waals surface area contributed by atoms with Gasteiger partial charge in [-0.15, -0.1) is 13.2 Å². The molecule has 3 rings (SSSR count). The van der Waals surface area contributed by atoms with E-state index in [1.807, 2.05) is 6.92 Å². The fraction of sp³-hybridized carbons (Fsp3) is 0.222. The molecule has 0 aliphatic heterocycles. The van der Waals surface area contributed by atoms with E-state index in [2.05, 4.69) is 15.0 Å². The zero-order valence-electron chi connectivity index (χ0n) is 14.0. The van der Waals surface area contributed by atoms with Gasteiger partial charge in [0.2, 0.25) is 0 Å².